The Kier molecular flexibility index (Phi) is 6.56. The summed E-state index contributed by atoms with van der Waals surface area (Å²) in [5.41, 5.74) is -0.748. The molecule has 0 bridgehead atoms. The van der Waals surface area contributed by atoms with Gasteiger partial charge in [-0.05, 0) is 36.4 Å². The molecule has 0 unspecified atom stereocenters. The molecule has 3 rings (SSSR count). The molecule has 1 fully saturated rings. The van der Waals surface area contributed by atoms with Gasteiger partial charge in [0.2, 0.25) is 10.0 Å². The van der Waals surface area contributed by atoms with E-state index in [1.165, 1.54) is 11.0 Å². The lowest BCUT2D eigenvalue weighted by molar-refractivity contribution is -0.137. The van der Waals surface area contributed by atoms with Crippen LogP contribution in [0.5, 0.6) is 0 Å². The molecule has 0 atom stereocenters. The number of rotatable bonds is 5. The van der Waals surface area contributed by atoms with Gasteiger partial charge in [-0.3, -0.25) is 4.79 Å². The third-order valence-electron chi connectivity index (χ3n) is 4.92. The summed E-state index contributed by atoms with van der Waals surface area (Å²) in [4.78, 5) is 15.6. The maximum absolute atomic E-state index is 14.3. The minimum atomic E-state index is -4.46. The standard InChI is InChI=1S/C20H21F4N3O3S/c1-2-25-31(29,30)16-6-7-18(21)17(13-16)19(28)27-10-8-26(9-11-27)15-5-3-4-14(12-15)20(22,23)24/h3-7,12-13,25H,2,8-11H2,1H3. The van der Waals surface area contributed by atoms with Crippen LogP contribution in [0, 0.1) is 5.82 Å². The molecule has 11 heteroatoms. The number of sulfonamides is 1. The van der Waals surface area contributed by atoms with Gasteiger partial charge in [0.05, 0.1) is 16.0 Å². The van der Waals surface area contributed by atoms with Crippen LogP contribution < -0.4 is 9.62 Å². The molecule has 0 aliphatic carbocycles. The summed E-state index contributed by atoms with van der Waals surface area (Å²) in [6.07, 6.45) is -4.46. The number of hydrogen-bond donors (Lipinski definition) is 1. The molecule has 1 amide bonds. The van der Waals surface area contributed by atoms with Crippen molar-refractivity contribution in [1.29, 1.82) is 0 Å². The zero-order valence-corrected chi connectivity index (χ0v) is 17.4. The summed E-state index contributed by atoms with van der Waals surface area (Å²) in [6.45, 7) is 2.54. The summed E-state index contributed by atoms with van der Waals surface area (Å²) in [6, 6.07) is 7.91. The van der Waals surface area contributed by atoms with E-state index in [1.54, 1.807) is 17.9 Å². The lowest BCUT2D eigenvalue weighted by atomic mass is 10.1. The van der Waals surface area contributed by atoms with Crippen molar-refractivity contribution in [2.75, 3.05) is 37.6 Å². The molecule has 1 N–H and O–H groups in total. The van der Waals surface area contributed by atoms with Crippen molar-refractivity contribution in [3.8, 4) is 0 Å². The van der Waals surface area contributed by atoms with Crippen LogP contribution in [0.15, 0.2) is 47.4 Å². The highest BCUT2D eigenvalue weighted by Gasteiger charge is 2.31. The first kappa shape index (κ1) is 23.0. The molecule has 6 nitrogen and oxygen atoms in total. The van der Waals surface area contributed by atoms with E-state index in [4.69, 9.17) is 0 Å². The lowest BCUT2D eigenvalue weighted by Gasteiger charge is -2.36. The van der Waals surface area contributed by atoms with Crippen molar-refractivity contribution in [3.05, 3.63) is 59.4 Å². The van der Waals surface area contributed by atoms with Crippen LogP contribution in [0.3, 0.4) is 0 Å². The van der Waals surface area contributed by atoms with E-state index < -0.39 is 33.5 Å². The molecule has 0 spiro atoms. The fourth-order valence-corrected chi connectivity index (χ4v) is 4.39. The van der Waals surface area contributed by atoms with Crippen LogP contribution in [-0.4, -0.2) is 51.9 Å². The number of nitrogens with one attached hydrogen (secondary N) is 1. The van der Waals surface area contributed by atoms with E-state index >= 15 is 0 Å². The Morgan fingerprint density at radius 2 is 1.74 bits per heavy atom. The van der Waals surface area contributed by atoms with Gasteiger partial charge in [0.1, 0.15) is 5.82 Å². The monoisotopic (exact) mass is 459 g/mol. The molecule has 0 saturated carbocycles. The smallest absolute Gasteiger partial charge is 0.368 e. The molecule has 0 radical (unpaired) electrons. The van der Waals surface area contributed by atoms with Crippen LogP contribution in [0.2, 0.25) is 0 Å². The quantitative estimate of drug-likeness (QED) is 0.698. The molecule has 2 aromatic carbocycles. The number of anilines is 1. The van der Waals surface area contributed by atoms with Gasteiger partial charge in [-0.2, -0.15) is 13.2 Å². The van der Waals surface area contributed by atoms with Gasteiger partial charge in [0.25, 0.3) is 5.91 Å². The van der Waals surface area contributed by atoms with E-state index in [9.17, 15) is 30.8 Å². The molecule has 1 saturated heterocycles. The number of nitrogens with zero attached hydrogens (tertiary/aromatic N) is 2. The number of hydrogen-bond acceptors (Lipinski definition) is 4. The van der Waals surface area contributed by atoms with Gasteiger partial charge in [-0.1, -0.05) is 13.0 Å². The SMILES string of the molecule is CCNS(=O)(=O)c1ccc(F)c(C(=O)N2CCN(c3cccc(C(F)(F)F)c3)CC2)c1. The van der Waals surface area contributed by atoms with E-state index in [2.05, 4.69) is 4.72 Å². The summed E-state index contributed by atoms with van der Waals surface area (Å²) in [5.74, 6) is -1.52. The fraction of sp³-hybridized carbons (Fsp3) is 0.350. The van der Waals surface area contributed by atoms with Crippen LogP contribution in [0.4, 0.5) is 23.2 Å². The van der Waals surface area contributed by atoms with Gasteiger partial charge >= 0.3 is 6.18 Å². The highest BCUT2D eigenvalue weighted by molar-refractivity contribution is 7.89. The minimum absolute atomic E-state index is 0.139. The molecular formula is C20H21F4N3O3S. The second kappa shape index (κ2) is 8.83. The van der Waals surface area contributed by atoms with Crippen LogP contribution in [-0.2, 0) is 16.2 Å². The number of benzene rings is 2. The van der Waals surface area contributed by atoms with Gasteiger partial charge in [-0.25, -0.2) is 17.5 Å². The molecule has 1 aliphatic heterocycles. The Balaban J connectivity index is 1.74. The van der Waals surface area contributed by atoms with Crippen LogP contribution >= 0.6 is 0 Å². The lowest BCUT2D eigenvalue weighted by Crippen LogP contribution is -2.49. The van der Waals surface area contributed by atoms with Gasteiger partial charge in [-0.15, -0.1) is 0 Å². The number of carbonyl (C=O) groups is 1. The Morgan fingerprint density at radius 3 is 2.35 bits per heavy atom. The number of alkyl halides is 3. The van der Waals surface area contributed by atoms with Crippen LogP contribution in [0.25, 0.3) is 0 Å². The van der Waals surface area contributed by atoms with Gasteiger partial charge in [0.15, 0.2) is 0 Å². The molecule has 0 aromatic heterocycles. The molecule has 31 heavy (non-hydrogen) atoms. The Morgan fingerprint density at radius 1 is 1.06 bits per heavy atom. The maximum atomic E-state index is 14.3. The third kappa shape index (κ3) is 5.16. The Labute approximate surface area is 177 Å². The number of halogens is 4. The van der Waals surface area contributed by atoms with Crippen molar-refractivity contribution in [2.24, 2.45) is 0 Å². The Bertz CT molecular complexity index is 1070. The minimum Gasteiger partial charge on any atom is -0.368 e. The Hall–Kier alpha value is -2.66. The van der Waals surface area contributed by atoms with E-state index in [1.807, 2.05) is 0 Å². The van der Waals surface area contributed by atoms with Crippen molar-refractivity contribution >= 4 is 21.6 Å². The second-order valence-electron chi connectivity index (χ2n) is 6.97. The first-order valence-corrected chi connectivity index (χ1v) is 11.0. The number of piperazine rings is 1. The average Bonchev–Trinajstić information content (AvgIpc) is 2.73. The molecule has 168 valence electrons. The predicted molar refractivity (Wildman–Crippen MR) is 107 cm³/mol. The van der Waals surface area contributed by atoms with Gasteiger partial charge in [0, 0.05) is 38.4 Å². The van der Waals surface area contributed by atoms with E-state index in [0.29, 0.717) is 5.69 Å². The average molecular weight is 459 g/mol. The molecule has 1 aliphatic rings. The molecule has 2 aromatic rings. The summed E-state index contributed by atoms with van der Waals surface area (Å²) in [5, 5.41) is 0. The van der Waals surface area contributed by atoms with Crippen molar-refractivity contribution in [3.63, 3.8) is 0 Å². The summed E-state index contributed by atoms with van der Waals surface area (Å²) >= 11 is 0. The predicted octanol–water partition coefficient (Wildman–Crippen LogP) is 3.11. The summed E-state index contributed by atoms with van der Waals surface area (Å²) in [7, 11) is -3.86. The van der Waals surface area contributed by atoms with Gasteiger partial charge < -0.3 is 9.80 Å². The first-order valence-electron chi connectivity index (χ1n) is 9.53. The normalized spacial score (nSPS) is 15.3. The highest BCUT2D eigenvalue weighted by atomic mass is 32.2. The zero-order chi connectivity index (χ0) is 22.8. The van der Waals surface area contributed by atoms with Crippen LogP contribution in [0.1, 0.15) is 22.8 Å². The largest absolute Gasteiger partial charge is 0.416 e. The number of carbonyl (C=O) groups excluding carboxylic acids is 1. The topological polar surface area (TPSA) is 69.7 Å². The fourth-order valence-electron chi connectivity index (χ4n) is 3.33. The second-order valence-corrected chi connectivity index (χ2v) is 8.74. The first-order chi connectivity index (χ1) is 14.5. The molecular weight excluding hydrogens is 438 g/mol. The van der Waals surface area contributed by atoms with Crippen molar-refractivity contribution in [2.45, 2.75) is 18.0 Å². The third-order valence-corrected chi connectivity index (χ3v) is 6.46. The van der Waals surface area contributed by atoms with E-state index in [0.717, 1.165) is 30.3 Å². The molecule has 1 heterocycles. The zero-order valence-electron chi connectivity index (χ0n) is 16.6. The van der Waals surface area contributed by atoms with Crippen molar-refractivity contribution in [1.82, 2.24) is 9.62 Å². The number of amides is 1. The maximum Gasteiger partial charge on any atom is 0.416 e. The van der Waals surface area contributed by atoms with E-state index in [-0.39, 0.29) is 43.2 Å². The summed E-state index contributed by atoms with van der Waals surface area (Å²) < 4.78 is 79.7. The van der Waals surface area contributed by atoms with Crippen molar-refractivity contribution < 1.29 is 30.8 Å². The highest BCUT2D eigenvalue weighted by Crippen LogP contribution is 2.32.